The molecule has 0 rings (SSSR count). The number of rotatable bonds is 41. The Labute approximate surface area is 312 Å². The fraction of sp³-hybridized carbons (Fsp3) is 0.870. The van der Waals surface area contributed by atoms with Crippen LogP contribution in [-0.2, 0) is 9.59 Å². The normalized spacial score (nSPS) is 12.1. The highest BCUT2D eigenvalue weighted by Gasteiger charge is 2.36. The number of hydrogen-bond acceptors (Lipinski definition) is 2. The van der Waals surface area contributed by atoms with Gasteiger partial charge in [-0.2, -0.15) is 0 Å². The van der Waals surface area contributed by atoms with E-state index in [1.165, 1.54) is 154 Å². The van der Waals surface area contributed by atoms with Gasteiger partial charge < -0.3 is 10.2 Å². The zero-order chi connectivity index (χ0) is 36.6. The van der Waals surface area contributed by atoms with Crippen molar-refractivity contribution in [3.63, 3.8) is 0 Å². The van der Waals surface area contributed by atoms with E-state index in [9.17, 15) is 14.7 Å². The predicted molar refractivity (Wildman–Crippen MR) is 218 cm³/mol. The zero-order valence-electron chi connectivity index (χ0n) is 33.7. The number of allylic oxidation sites excluding steroid dienone is 4. The average Bonchev–Trinajstić information content (AvgIpc) is 3.10. The molecule has 0 radical (unpaired) electrons. The molecule has 0 aliphatic carbocycles. The van der Waals surface area contributed by atoms with Crippen LogP contribution in [0.2, 0.25) is 0 Å². The van der Waals surface area contributed by atoms with E-state index in [2.05, 4.69) is 38.2 Å². The summed E-state index contributed by atoms with van der Waals surface area (Å²) in [5, 5.41) is 19.4. The van der Waals surface area contributed by atoms with Crippen molar-refractivity contribution in [3.05, 3.63) is 24.3 Å². The molecule has 294 valence electrons. The molecule has 0 aromatic rings. The maximum Gasteiger partial charge on any atom is 0.309 e. The Kier molecular flexibility index (Phi) is 37.4. The fourth-order valence-corrected chi connectivity index (χ4v) is 7.39. The monoisotopic (exact) mass is 703 g/mol. The van der Waals surface area contributed by atoms with Gasteiger partial charge in [-0.1, -0.05) is 192 Å². The number of unbranched alkanes of at least 4 members (excludes halogenated alkanes) is 28. The first-order chi connectivity index (χ1) is 24.5. The first kappa shape index (κ1) is 48.4. The molecule has 0 amide bonds. The quantitative estimate of drug-likeness (QED) is 0.0491. The van der Waals surface area contributed by atoms with Crippen LogP contribution < -0.4 is 0 Å². The van der Waals surface area contributed by atoms with Gasteiger partial charge >= 0.3 is 11.9 Å². The highest BCUT2D eigenvalue weighted by molar-refractivity contribution is 5.74. The minimum absolute atomic E-state index is 0.241. The van der Waals surface area contributed by atoms with Gasteiger partial charge in [-0.15, -0.1) is 0 Å². The molecule has 0 aromatic heterocycles. The van der Waals surface area contributed by atoms with Gasteiger partial charge in [0.15, 0.2) is 0 Å². The molecule has 0 atom stereocenters. The van der Waals surface area contributed by atoms with E-state index in [0.29, 0.717) is 0 Å². The summed E-state index contributed by atoms with van der Waals surface area (Å²) in [6.07, 6.45) is 52.5. The Bertz CT molecular complexity index is 743. The minimum Gasteiger partial charge on any atom is -0.481 e. The Morgan fingerprint density at radius 3 is 0.920 bits per heavy atom. The highest BCUT2D eigenvalue weighted by Crippen LogP contribution is 2.38. The van der Waals surface area contributed by atoms with Crippen molar-refractivity contribution in [2.75, 3.05) is 0 Å². The largest absolute Gasteiger partial charge is 0.481 e. The van der Waals surface area contributed by atoms with Gasteiger partial charge in [-0.05, 0) is 77.0 Å². The molecule has 0 aliphatic rings. The third kappa shape index (κ3) is 33.6. The highest BCUT2D eigenvalue weighted by atomic mass is 16.4. The third-order valence-corrected chi connectivity index (χ3v) is 10.8. The Balaban J connectivity index is 4.33. The van der Waals surface area contributed by atoms with Gasteiger partial charge in [0, 0.05) is 6.42 Å². The van der Waals surface area contributed by atoms with Gasteiger partial charge in [0.25, 0.3) is 0 Å². The van der Waals surface area contributed by atoms with Crippen molar-refractivity contribution >= 4 is 11.9 Å². The predicted octanol–water partition coefficient (Wildman–Crippen LogP) is 15.7. The van der Waals surface area contributed by atoms with E-state index in [1.807, 2.05) is 0 Å². The van der Waals surface area contributed by atoms with Crippen LogP contribution in [-0.4, -0.2) is 22.2 Å². The number of hydrogen-bond donors (Lipinski definition) is 2. The molecule has 2 N–H and O–H groups in total. The summed E-state index contributed by atoms with van der Waals surface area (Å²) in [7, 11) is 0. The van der Waals surface area contributed by atoms with Gasteiger partial charge in [-0.25, -0.2) is 0 Å². The number of carbonyl (C=O) groups is 2. The van der Waals surface area contributed by atoms with E-state index in [1.54, 1.807) is 0 Å². The molecule has 0 spiro atoms. The topological polar surface area (TPSA) is 74.6 Å². The molecule has 0 saturated carbocycles. The van der Waals surface area contributed by atoms with Crippen LogP contribution in [0.3, 0.4) is 0 Å². The second-order valence-electron chi connectivity index (χ2n) is 15.6. The first-order valence-electron chi connectivity index (χ1n) is 22.2. The molecule has 0 bridgehead atoms. The van der Waals surface area contributed by atoms with Crippen LogP contribution in [0.25, 0.3) is 0 Å². The lowest BCUT2D eigenvalue weighted by Gasteiger charge is -2.30. The summed E-state index contributed by atoms with van der Waals surface area (Å²) < 4.78 is 0. The number of carboxylic acids is 2. The lowest BCUT2D eigenvalue weighted by molar-refractivity contribution is -0.151. The first-order valence-corrected chi connectivity index (χ1v) is 22.2. The van der Waals surface area contributed by atoms with Crippen molar-refractivity contribution in [2.24, 2.45) is 5.41 Å². The van der Waals surface area contributed by atoms with E-state index in [4.69, 9.17) is 5.11 Å². The van der Waals surface area contributed by atoms with Gasteiger partial charge in [0.05, 0.1) is 5.41 Å². The van der Waals surface area contributed by atoms with Crippen LogP contribution in [0.15, 0.2) is 24.3 Å². The Morgan fingerprint density at radius 1 is 0.380 bits per heavy atom. The molecule has 50 heavy (non-hydrogen) atoms. The maximum absolute atomic E-state index is 12.8. The molecule has 0 saturated heterocycles. The van der Waals surface area contributed by atoms with Gasteiger partial charge in [0.2, 0.25) is 0 Å². The van der Waals surface area contributed by atoms with E-state index >= 15 is 0 Å². The molecule has 0 heterocycles. The molecule has 0 aromatic carbocycles. The zero-order valence-corrected chi connectivity index (χ0v) is 33.7. The molecule has 4 nitrogen and oxygen atoms in total. The second kappa shape index (κ2) is 38.6. The van der Waals surface area contributed by atoms with E-state index in [-0.39, 0.29) is 6.42 Å². The summed E-state index contributed by atoms with van der Waals surface area (Å²) >= 11 is 0. The molecule has 4 heteroatoms. The summed E-state index contributed by atoms with van der Waals surface area (Å²) in [6.45, 7) is 4.55. The van der Waals surface area contributed by atoms with Crippen molar-refractivity contribution in [1.82, 2.24) is 0 Å². The van der Waals surface area contributed by atoms with Crippen LogP contribution in [0.4, 0.5) is 0 Å². The van der Waals surface area contributed by atoms with Crippen molar-refractivity contribution < 1.29 is 19.8 Å². The minimum atomic E-state index is -0.721. The van der Waals surface area contributed by atoms with Crippen molar-refractivity contribution in [2.45, 2.75) is 251 Å². The lowest BCUT2D eigenvalue weighted by atomic mass is 9.74. The Morgan fingerprint density at radius 2 is 0.640 bits per heavy atom. The summed E-state index contributed by atoms with van der Waals surface area (Å²) in [5.41, 5.74) is -0.581. The molecular formula is C46H86O4. The summed E-state index contributed by atoms with van der Waals surface area (Å²) in [4.78, 5) is 23.6. The van der Waals surface area contributed by atoms with Crippen LogP contribution in [0.1, 0.15) is 251 Å². The molecular weight excluding hydrogens is 617 g/mol. The smallest absolute Gasteiger partial charge is 0.309 e. The maximum atomic E-state index is 12.8. The van der Waals surface area contributed by atoms with E-state index < -0.39 is 17.4 Å². The third-order valence-electron chi connectivity index (χ3n) is 10.8. The van der Waals surface area contributed by atoms with Gasteiger partial charge in [-0.3, -0.25) is 9.59 Å². The summed E-state index contributed by atoms with van der Waals surface area (Å²) in [5.74, 6) is -1.30. The van der Waals surface area contributed by atoms with Crippen LogP contribution >= 0.6 is 0 Å². The Hall–Kier alpha value is -1.58. The standard InChI is InChI=1S/C46H86O4/c1-3-5-7-9-11-13-15-17-19-21-23-25-27-29-33-37-41-46(45(49)50,43-39-35-31-32-36-40-44(47)48)42-38-34-30-28-26-24-22-20-18-16-14-12-10-8-6-4-2/h17-20H,3-16,21-43H2,1-2H3,(H,47,48)(H,49,50)/b19-17-,20-18-. The molecule has 0 unspecified atom stereocenters. The van der Waals surface area contributed by atoms with Gasteiger partial charge in [0.1, 0.15) is 0 Å². The van der Waals surface area contributed by atoms with Crippen molar-refractivity contribution in [3.8, 4) is 0 Å². The SMILES string of the molecule is CCCCCCCC/C=C\CCCCCCCCC(CCCCCCCC/C=C\CCCCCCCC)(CCCCCCCC(=O)O)C(=O)O. The summed E-state index contributed by atoms with van der Waals surface area (Å²) in [6, 6.07) is 0. The second-order valence-corrected chi connectivity index (χ2v) is 15.6. The number of aliphatic carboxylic acids is 2. The number of carboxylic acid groups (broad SMARTS) is 2. The fourth-order valence-electron chi connectivity index (χ4n) is 7.39. The lowest BCUT2D eigenvalue weighted by Crippen LogP contribution is -2.31. The van der Waals surface area contributed by atoms with Crippen LogP contribution in [0, 0.1) is 5.41 Å². The van der Waals surface area contributed by atoms with E-state index in [0.717, 1.165) is 77.0 Å². The van der Waals surface area contributed by atoms with Crippen molar-refractivity contribution in [1.29, 1.82) is 0 Å². The van der Waals surface area contributed by atoms with Crippen LogP contribution in [0.5, 0.6) is 0 Å². The molecule has 0 aliphatic heterocycles. The average molecular weight is 703 g/mol. The molecule has 0 fully saturated rings.